The van der Waals surface area contributed by atoms with Gasteiger partial charge in [0, 0.05) is 23.0 Å². The van der Waals surface area contributed by atoms with E-state index in [1.807, 2.05) is 43.3 Å². The van der Waals surface area contributed by atoms with E-state index in [1.54, 1.807) is 43.5 Å². The van der Waals surface area contributed by atoms with Gasteiger partial charge in [-0.1, -0.05) is 42.5 Å². The molecule has 0 radical (unpaired) electrons. The first-order valence-corrected chi connectivity index (χ1v) is 11.2. The molecular weight excluding hydrogens is 410 g/mol. The summed E-state index contributed by atoms with van der Waals surface area (Å²) in [5, 5.41) is 4.40. The van der Waals surface area contributed by atoms with Gasteiger partial charge in [0.2, 0.25) is 0 Å². The summed E-state index contributed by atoms with van der Waals surface area (Å²) in [7, 11) is -3.84. The highest BCUT2D eigenvalue weighted by Gasteiger charge is 2.19. The van der Waals surface area contributed by atoms with Crippen LogP contribution in [0.4, 0.5) is 11.4 Å². The number of hydrogen-bond donors (Lipinski definition) is 2. The molecule has 0 aliphatic rings. The second kappa shape index (κ2) is 8.20. The minimum absolute atomic E-state index is 0.0951. The van der Waals surface area contributed by atoms with Crippen LogP contribution in [0.3, 0.4) is 0 Å². The van der Waals surface area contributed by atoms with Crippen LogP contribution < -0.4 is 10.0 Å². The summed E-state index contributed by atoms with van der Waals surface area (Å²) in [6, 6.07) is 21.2. The number of carbonyl (C=O) groups is 1. The molecule has 0 bridgehead atoms. The third kappa shape index (κ3) is 4.41. The molecule has 0 unspecified atom stereocenters. The van der Waals surface area contributed by atoms with Gasteiger partial charge in [-0.05, 0) is 60.7 Å². The van der Waals surface area contributed by atoms with E-state index >= 15 is 0 Å². The second-order valence-corrected chi connectivity index (χ2v) is 8.94. The predicted octanol–water partition coefficient (Wildman–Crippen LogP) is 4.90. The Morgan fingerprint density at radius 2 is 1.68 bits per heavy atom. The van der Waals surface area contributed by atoms with Crippen LogP contribution in [0.25, 0.3) is 10.8 Å². The molecule has 31 heavy (non-hydrogen) atoms. The van der Waals surface area contributed by atoms with Crippen molar-refractivity contribution in [1.29, 1.82) is 0 Å². The average molecular weight is 432 g/mol. The number of hydrogen-bond acceptors (Lipinski definition) is 4. The molecule has 0 saturated carbocycles. The van der Waals surface area contributed by atoms with E-state index in [0.29, 0.717) is 16.9 Å². The van der Waals surface area contributed by atoms with Crippen molar-refractivity contribution in [3.8, 4) is 0 Å². The van der Waals surface area contributed by atoms with Crippen LogP contribution in [0.5, 0.6) is 0 Å². The van der Waals surface area contributed by atoms with E-state index in [0.717, 1.165) is 16.3 Å². The number of rotatable bonds is 5. The fourth-order valence-electron chi connectivity index (χ4n) is 3.38. The first kappa shape index (κ1) is 20.6. The maximum atomic E-state index is 13.0. The summed E-state index contributed by atoms with van der Waals surface area (Å²) in [5.74, 6) is -0.407. The smallest absolute Gasteiger partial charge is 0.274 e. The number of amides is 1. The lowest BCUT2D eigenvalue weighted by atomic mass is 10.1. The number of carbonyl (C=O) groups excluding carboxylic acids is 1. The molecule has 1 aromatic heterocycles. The van der Waals surface area contributed by atoms with Crippen molar-refractivity contribution >= 4 is 38.1 Å². The summed E-state index contributed by atoms with van der Waals surface area (Å²) >= 11 is 0. The van der Waals surface area contributed by atoms with Crippen LogP contribution in [0.2, 0.25) is 0 Å². The van der Waals surface area contributed by atoms with Gasteiger partial charge in [-0.15, -0.1) is 0 Å². The Morgan fingerprint density at radius 1 is 0.871 bits per heavy atom. The molecule has 0 saturated heterocycles. The molecule has 0 fully saturated rings. The fourth-order valence-corrected chi connectivity index (χ4v) is 4.70. The van der Waals surface area contributed by atoms with Crippen molar-refractivity contribution < 1.29 is 13.2 Å². The van der Waals surface area contributed by atoms with Gasteiger partial charge < -0.3 is 5.32 Å². The zero-order valence-corrected chi connectivity index (χ0v) is 17.9. The maximum absolute atomic E-state index is 13.0. The predicted molar refractivity (Wildman–Crippen MR) is 123 cm³/mol. The third-order valence-electron chi connectivity index (χ3n) is 4.89. The molecule has 0 aliphatic carbocycles. The molecule has 0 atom stereocenters. The molecular formula is C24H21N3O3S. The molecule has 0 aliphatic heterocycles. The Morgan fingerprint density at radius 3 is 2.48 bits per heavy atom. The molecule has 2 N–H and O–H groups in total. The minimum atomic E-state index is -3.84. The van der Waals surface area contributed by atoms with Gasteiger partial charge >= 0.3 is 0 Å². The van der Waals surface area contributed by atoms with E-state index in [1.165, 1.54) is 6.07 Å². The summed E-state index contributed by atoms with van der Waals surface area (Å²) in [5.41, 5.74) is 2.65. The van der Waals surface area contributed by atoms with Gasteiger partial charge in [0.15, 0.2) is 0 Å². The van der Waals surface area contributed by atoms with Gasteiger partial charge in [-0.3, -0.25) is 14.5 Å². The van der Waals surface area contributed by atoms with E-state index in [-0.39, 0.29) is 10.6 Å². The number of aromatic nitrogens is 1. The SMILES string of the molecule is Cc1cccc(NS(=O)(=O)c2cc(NC(=O)c3nccc4ccccc34)ccc2C)c1. The number of anilines is 2. The standard InChI is InChI=1S/C24H21N3O3S/c1-16-6-5-8-20(14-16)27-31(29,30)22-15-19(11-10-17(22)2)26-24(28)23-21-9-4-3-7-18(21)12-13-25-23/h3-15,27H,1-2H3,(H,26,28). The Labute approximate surface area is 181 Å². The van der Waals surface area contributed by atoms with E-state index in [9.17, 15) is 13.2 Å². The lowest BCUT2D eigenvalue weighted by molar-refractivity contribution is 0.102. The van der Waals surface area contributed by atoms with Crippen LogP contribution in [0.15, 0.2) is 83.9 Å². The van der Waals surface area contributed by atoms with Gasteiger partial charge in [0.25, 0.3) is 15.9 Å². The van der Waals surface area contributed by atoms with Crippen LogP contribution in [0, 0.1) is 13.8 Å². The van der Waals surface area contributed by atoms with Crippen LogP contribution in [-0.2, 0) is 10.0 Å². The summed E-state index contributed by atoms with van der Waals surface area (Å²) in [6.07, 6.45) is 1.58. The topological polar surface area (TPSA) is 88.2 Å². The molecule has 1 amide bonds. The number of aryl methyl sites for hydroxylation is 2. The monoisotopic (exact) mass is 431 g/mol. The molecule has 0 spiro atoms. The van der Waals surface area contributed by atoms with Crippen LogP contribution in [0.1, 0.15) is 21.6 Å². The van der Waals surface area contributed by atoms with Gasteiger partial charge in [-0.2, -0.15) is 0 Å². The van der Waals surface area contributed by atoms with Crippen molar-refractivity contribution in [1.82, 2.24) is 4.98 Å². The minimum Gasteiger partial charge on any atom is -0.321 e. The van der Waals surface area contributed by atoms with E-state index in [4.69, 9.17) is 0 Å². The number of nitrogens with zero attached hydrogens (tertiary/aromatic N) is 1. The summed E-state index contributed by atoms with van der Waals surface area (Å²) in [4.78, 5) is 17.2. The number of sulfonamides is 1. The normalized spacial score (nSPS) is 11.3. The fraction of sp³-hybridized carbons (Fsp3) is 0.0833. The first-order valence-electron chi connectivity index (χ1n) is 9.69. The zero-order chi connectivity index (χ0) is 22.0. The van der Waals surface area contributed by atoms with Crippen molar-refractivity contribution in [2.24, 2.45) is 0 Å². The first-order chi connectivity index (χ1) is 14.8. The zero-order valence-electron chi connectivity index (χ0n) is 17.1. The summed E-state index contributed by atoms with van der Waals surface area (Å²) < 4.78 is 28.6. The van der Waals surface area contributed by atoms with Crippen LogP contribution >= 0.6 is 0 Å². The number of fused-ring (bicyclic) bond motifs is 1. The van der Waals surface area contributed by atoms with Crippen molar-refractivity contribution in [3.05, 3.63) is 95.8 Å². The Balaban J connectivity index is 1.64. The highest BCUT2D eigenvalue weighted by molar-refractivity contribution is 7.92. The Hall–Kier alpha value is -3.71. The lowest BCUT2D eigenvalue weighted by Gasteiger charge is -2.13. The largest absolute Gasteiger partial charge is 0.321 e. The highest BCUT2D eigenvalue weighted by Crippen LogP contribution is 2.24. The highest BCUT2D eigenvalue weighted by atomic mass is 32.2. The quantitative estimate of drug-likeness (QED) is 0.470. The number of pyridine rings is 1. The summed E-state index contributed by atoms with van der Waals surface area (Å²) in [6.45, 7) is 3.60. The van der Waals surface area contributed by atoms with Gasteiger partial charge in [-0.25, -0.2) is 8.42 Å². The molecule has 3 aromatic carbocycles. The molecule has 4 aromatic rings. The second-order valence-electron chi connectivity index (χ2n) is 7.29. The van der Waals surface area contributed by atoms with E-state index < -0.39 is 15.9 Å². The lowest BCUT2D eigenvalue weighted by Crippen LogP contribution is -2.17. The average Bonchev–Trinajstić information content (AvgIpc) is 2.74. The molecule has 7 heteroatoms. The van der Waals surface area contributed by atoms with Crippen molar-refractivity contribution in [2.75, 3.05) is 10.0 Å². The maximum Gasteiger partial charge on any atom is 0.274 e. The molecule has 4 rings (SSSR count). The molecule has 156 valence electrons. The Kier molecular flexibility index (Phi) is 5.44. The van der Waals surface area contributed by atoms with Crippen molar-refractivity contribution in [2.45, 2.75) is 18.7 Å². The molecule has 1 heterocycles. The number of benzene rings is 3. The van der Waals surface area contributed by atoms with Gasteiger partial charge in [0.05, 0.1) is 4.90 Å². The van der Waals surface area contributed by atoms with Crippen LogP contribution in [-0.4, -0.2) is 19.3 Å². The van der Waals surface area contributed by atoms with E-state index in [2.05, 4.69) is 15.0 Å². The Bertz CT molecular complexity index is 1390. The molecule has 6 nitrogen and oxygen atoms in total. The third-order valence-corrected chi connectivity index (χ3v) is 6.42. The number of nitrogens with one attached hydrogen (secondary N) is 2. The van der Waals surface area contributed by atoms with Crippen molar-refractivity contribution in [3.63, 3.8) is 0 Å². The van der Waals surface area contributed by atoms with Gasteiger partial charge in [0.1, 0.15) is 5.69 Å².